The largest absolute Gasteiger partial charge is 0.497 e. The van der Waals surface area contributed by atoms with Crippen molar-refractivity contribution in [1.82, 2.24) is 15.8 Å². The summed E-state index contributed by atoms with van der Waals surface area (Å²) in [5, 5.41) is 6.26. The zero-order chi connectivity index (χ0) is 19.6. The van der Waals surface area contributed by atoms with Crippen LogP contribution in [0.2, 0.25) is 0 Å². The normalized spacial score (nSPS) is 18.9. The smallest absolute Gasteiger partial charge is 0.344 e. The Bertz CT molecular complexity index is 906. The van der Waals surface area contributed by atoms with Crippen LogP contribution in [0.3, 0.4) is 0 Å². The molecule has 7 nitrogen and oxygen atoms in total. The average Bonchev–Trinajstić information content (AvgIpc) is 2.88. The second-order valence-corrected chi connectivity index (χ2v) is 6.41. The molecule has 1 aliphatic heterocycles. The number of carbonyl (C=O) groups is 2. The molecule has 0 radical (unpaired) electrons. The van der Waals surface area contributed by atoms with Crippen LogP contribution in [0.25, 0.3) is 0 Å². The van der Waals surface area contributed by atoms with E-state index in [0.29, 0.717) is 17.0 Å². The van der Waals surface area contributed by atoms with Crippen molar-refractivity contribution in [2.75, 3.05) is 12.4 Å². The molecule has 3 rings (SSSR count). The van der Waals surface area contributed by atoms with Crippen molar-refractivity contribution in [2.24, 2.45) is 0 Å². The Morgan fingerprint density at radius 2 is 1.93 bits per heavy atom. The van der Waals surface area contributed by atoms with Crippen molar-refractivity contribution >= 4 is 35.0 Å². The van der Waals surface area contributed by atoms with Gasteiger partial charge in [0.1, 0.15) is 17.1 Å². The number of hydrogen-bond donors (Lipinski definition) is 3. The number of imide groups is 1. The summed E-state index contributed by atoms with van der Waals surface area (Å²) < 4.78 is 18.1. The molecule has 0 saturated carbocycles. The molecule has 0 unspecified atom stereocenters. The summed E-state index contributed by atoms with van der Waals surface area (Å²) in [6.45, 7) is 1.60. The fourth-order valence-corrected chi connectivity index (χ4v) is 2.87. The Morgan fingerprint density at radius 3 is 2.59 bits per heavy atom. The van der Waals surface area contributed by atoms with E-state index in [1.54, 1.807) is 31.2 Å². The summed E-state index contributed by atoms with van der Waals surface area (Å²) in [7, 11) is 1.52. The van der Waals surface area contributed by atoms with Crippen LogP contribution in [-0.2, 0) is 10.3 Å². The lowest BCUT2D eigenvalue weighted by Gasteiger charge is -2.23. The number of hydrogen-bond acceptors (Lipinski definition) is 4. The molecule has 1 aliphatic rings. The van der Waals surface area contributed by atoms with E-state index in [1.165, 1.54) is 31.4 Å². The van der Waals surface area contributed by atoms with Crippen LogP contribution in [0.5, 0.6) is 5.75 Å². The second-order valence-electron chi connectivity index (χ2n) is 6.00. The number of methoxy groups -OCH3 is 1. The van der Waals surface area contributed by atoms with Crippen molar-refractivity contribution in [1.29, 1.82) is 0 Å². The zero-order valence-electron chi connectivity index (χ0n) is 14.6. The predicted molar refractivity (Wildman–Crippen MR) is 101 cm³/mol. The van der Waals surface area contributed by atoms with Gasteiger partial charge in [-0.3, -0.25) is 10.2 Å². The number of thiocarbonyl (C=S) groups is 1. The third-order valence-electron chi connectivity index (χ3n) is 4.15. The summed E-state index contributed by atoms with van der Waals surface area (Å²) in [6, 6.07) is 11.7. The lowest BCUT2D eigenvalue weighted by Crippen LogP contribution is -2.49. The van der Waals surface area contributed by atoms with Gasteiger partial charge in [0.15, 0.2) is 5.11 Å². The van der Waals surface area contributed by atoms with Gasteiger partial charge < -0.3 is 15.4 Å². The average molecular weight is 388 g/mol. The van der Waals surface area contributed by atoms with Crippen LogP contribution >= 0.6 is 12.2 Å². The second kappa shape index (κ2) is 7.20. The lowest BCUT2D eigenvalue weighted by atomic mass is 9.92. The molecule has 0 bridgehead atoms. The van der Waals surface area contributed by atoms with E-state index >= 15 is 0 Å². The number of nitrogens with zero attached hydrogens (tertiary/aromatic N) is 1. The summed E-state index contributed by atoms with van der Waals surface area (Å²) in [5.74, 6) is -0.345. The molecule has 0 aromatic heterocycles. The van der Waals surface area contributed by atoms with E-state index in [9.17, 15) is 14.0 Å². The first kappa shape index (κ1) is 18.6. The highest BCUT2D eigenvalue weighted by molar-refractivity contribution is 7.80. The first-order valence-corrected chi connectivity index (χ1v) is 8.39. The van der Waals surface area contributed by atoms with Gasteiger partial charge >= 0.3 is 6.03 Å². The van der Waals surface area contributed by atoms with Crippen molar-refractivity contribution < 1.29 is 18.7 Å². The molecule has 2 aromatic rings. The van der Waals surface area contributed by atoms with E-state index < -0.39 is 17.5 Å². The van der Waals surface area contributed by atoms with Crippen LogP contribution in [-0.4, -0.2) is 29.2 Å². The van der Waals surface area contributed by atoms with E-state index in [0.717, 1.165) is 5.01 Å². The van der Waals surface area contributed by atoms with Gasteiger partial charge in [-0.05, 0) is 61.1 Å². The van der Waals surface area contributed by atoms with Gasteiger partial charge in [0.25, 0.3) is 5.91 Å². The third kappa shape index (κ3) is 3.68. The Balaban J connectivity index is 1.75. The predicted octanol–water partition coefficient (Wildman–Crippen LogP) is 2.50. The molecule has 3 N–H and O–H groups in total. The summed E-state index contributed by atoms with van der Waals surface area (Å²) in [5.41, 5.74) is 2.37. The summed E-state index contributed by atoms with van der Waals surface area (Å²) in [4.78, 5) is 25.2. The minimum absolute atomic E-state index is 0.0139. The standard InChI is InChI=1S/C18H17FN4O3S/c1-18(11-4-3-5-14(10-11)26-2)15(24)23(17(25)21-18)22-16(27)20-13-8-6-12(19)7-9-13/h3-10H,1-2H3,(H,21,25)(H2,20,22,27)/t18-/m0/s1. The van der Waals surface area contributed by atoms with Crippen LogP contribution < -0.4 is 20.8 Å². The third-order valence-corrected chi connectivity index (χ3v) is 4.35. The Morgan fingerprint density at radius 1 is 1.22 bits per heavy atom. The van der Waals surface area contributed by atoms with E-state index in [2.05, 4.69) is 16.1 Å². The van der Waals surface area contributed by atoms with Gasteiger partial charge in [0, 0.05) is 5.69 Å². The van der Waals surface area contributed by atoms with Crippen LogP contribution in [0.15, 0.2) is 48.5 Å². The summed E-state index contributed by atoms with van der Waals surface area (Å²) >= 11 is 5.13. The molecule has 1 heterocycles. The molecule has 2 aromatic carbocycles. The van der Waals surface area contributed by atoms with Crippen LogP contribution in [0, 0.1) is 5.82 Å². The fraction of sp³-hybridized carbons (Fsp3) is 0.167. The van der Waals surface area contributed by atoms with Crippen molar-refractivity contribution in [3.63, 3.8) is 0 Å². The number of benzene rings is 2. The quantitative estimate of drug-likeness (QED) is 0.552. The van der Waals surface area contributed by atoms with Gasteiger partial charge in [-0.1, -0.05) is 12.1 Å². The molecule has 0 spiro atoms. The monoisotopic (exact) mass is 388 g/mol. The summed E-state index contributed by atoms with van der Waals surface area (Å²) in [6.07, 6.45) is 0. The molecule has 140 valence electrons. The Kier molecular flexibility index (Phi) is 4.95. The van der Waals surface area contributed by atoms with Gasteiger partial charge in [-0.2, -0.15) is 5.01 Å². The van der Waals surface area contributed by atoms with E-state index in [4.69, 9.17) is 17.0 Å². The van der Waals surface area contributed by atoms with Crippen molar-refractivity contribution in [2.45, 2.75) is 12.5 Å². The number of urea groups is 1. The Hall–Kier alpha value is -3.20. The van der Waals surface area contributed by atoms with Crippen molar-refractivity contribution in [3.8, 4) is 5.75 Å². The van der Waals surface area contributed by atoms with Crippen molar-refractivity contribution in [3.05, 3.63) is 59.9 Å². The maximum Gasteiger partial charge on any atom is 0.344 e. The maximum atomic E-state index is 13.0. The molecular formula is C18H17FN4O3S. The minimum atomic E-state index is -1.27. The molecule has 1 atom stereocenters. The lowest BCUT2D eigenvalue weighted by molar-refractivity contribution is -0.132. The molecule has 3 amide bonds. The highest BCUT2D eigenvalue weighted by atomic mass is 32.1. The number of halogens is 1. The highest BCUT2D eigenvalue weighted by Crippen LogP contribution is 2.30. The Labute approximate surface area is 160 Å². The maximum absolute atomic E-state index is 13.0. The van der Waals surface area contributed by atoms with Gasteiger partial charge in [0.2, 0.25) is 0 Å². The molecule has 1 saturated heterocycles. The number of nitrogens with one attached hydrogen (secondary N) is 3. The molecular weight excluding hydrogens is 371 g/mol. The molecule has 9 heteroatoms. The van der Waals surface area contributed by atoms with Gasteiger partial charge in [-0.25, -0.2) is 9.18 Å². The minimum Gasteiger partial charge on any atom is -0.497 e. The SMILES string of the molecule is COc1cccc([C@]2(C)NC(=O)N(NC(=S)Nc3ccc(F)cc3)C2=O)c1. The first-order valence-electron chi connectivity index (χ1n) is 7.98. The molecule has 1 fully saturated rings. The van der Waals surface area contributed by atoms with E-state index in [-0.39, 0.29) is 10.9 Å². The van der Waals surface area contributed by atoms with Gasteiger partial charge in [0.05, 0.1) is 7.11 Å². The number of rotatable bonds is 4. The number of ether oxygens (including phenoxy) is 1. The van der Waals surface area contributed by atoms with Gasteiger partial charge in [-0.15, -0.1) is 0 Å². The van der Waals surface area contributed by atoms with Crippen LogP contribution in [0.4, 0.5) is 14.9 Å². The molecule has 0 aliphatic carbocycles. The number of anilines is 1. The number of hydrazine groups is 1. The number of carbonyl (C=O) groups excluding carboxylic acids is 2. The highest BCUT2D eigenvalue weighted by Gasteiger charge is 2.50. The fourth-order valence-electron chi connectivity index (χ4n) is 2.66. The topological polar surface area (TPSA) is 82.7 Å². The van der Waals surface area contributed by atoms with Crippen LogP contribution in [0.1, 0.15) is 12.5 Å². The first-order chi connectivity index (χ1) is 12.8. The number of amides is 3. The molecule has 27 heavy (non-hydrogen) atoms. The van der Waals surface area contributed by atoms with E-state index in [1.807, 2.05) is 0 Å². The zero-order valence-corrected chi connectivity index (χ0v) is 15.4.